The molecule has 0 aliphatic carbocycles. The van der Waals surface area contributed by atoms with E-state index in [0.29, 0.717) is 5.56 Å². The number of halogens is 1. The Morgan fingerprint density at radius 3 is 2.44 bits per heavy atom. The first-order valence-corrected chi connectivity index (χ1v) is 9.95. The van der Waals surface area contributed by atoms with Crippen molar-refractivity contribution in [3.05, 3.63) is 95.3 Å². The maximum Gasteiger partial charge on any atom is 0.255 e. The normalized spacial score (nSPS) is 11.2. The number of carbonyl (C=O) groups is 1. The molecule has 0 aromatic heterocycles. The van der Waals surface area contributed by atoms with Crippen molar-refractivity contribution in [3.8, 4) is 0 Å². The van der Waals surface area contributed by atoms with E-state index in [4.69, 9.17) is 0 Å². The average Bonchev–Trinajstić information content (AvgIpc) is 2.65. The smallest absolute Gasteiger partial charge is 0.255 e. The minimum Gasteiger partial charge on any atom is -0.319 e. The third kappa shape index (κ3) is 4.60. The number of hydrogen-bond acceptors (Lipinski definition) is 3. The highest BCUT2D eigenvalue weighted by Gasteiger charge is 2.16. The second-order valence-corrected chi connectivity index (χ2v) is 8.20. The van der Waals surface area contributed by atoms with E-state index in [1.807, 2.05) is 0 Å². The minimum atomic E-state index is -3.52. The summed E-state index contributed by atoms with van der Waals surface area (Å²) in [6, 6.07) is 18.9. The molecule has 3 aromatic carbocycles. The highest BCUT2D eigenvalue weighted by molar-refractivity contribution is 7.90. The SMILES string of the molecule is Cc1ccc(F)c(NC(=O)c2cccc(CS(=O)(=O)c3ccccc3)c2)c1. The maximum atomic E-state index is 13.8. The van der Waals surface area contributed by atoms with Crippen LogP contribution in [0.1, 0.15) is 21.5 Å². The van der Waals surface area contributed by atoms with Crippen LogP contribution in [0.25, 0.3) is 0 Å². The molecule has 27 heavy (non-hydrogen) atoms. The largest absolute Gasteiger partial charge is 0.319 e. The quantitative estimate of drug-likeness (QED) is 0.712. The zero-order chi connectivity index (χ0) is 19.4. The molecule has 4 nitrogen and oxygen atoms in total. The molecule has 0 saturated carbocycles. The molecule has 3 aromatic rings. The van der Waals surface area contributed by atoms with Gasteiger partial charge in [-0.3, -0.25) is 4.79 Å². The molecule has 6 heteroatoms. The van der Waals surface area contributed by atoms with Crippen LogP contribution in [0.15, 0.2) is 77.7 Å². The number of carbonyl (C=O) groups excluding carboxylic acids is 1. The Morgan fingerprint density at radius 2 is 1.70 bits per heavy atom. The Hall–Kier alpha value is -2.99. The minimum absolute atomic E-state index is 0.0855. The topological polar surface area (TPSA) is 63.2 Å². The molecule has 0 spiro atoms. The van der Waals surface area contributed by atoms with E-state index in [9.17, 15) is 17.6 Å². The molecule has 0 heterocycles. The molecule has 138 valence electrons. The average molecular weight is 383 g/mol. The van der Waals surface area contributed by atoms with Crippen molar-refractivity contribution in [1.29, 1.82) is 0 Å². The molecule has 0 saturated heterocycles. The van der Waals surface area contributed by atoms with Crippen molar-refractivity contribution < 1.29 is 17.6 Å². The number of benzene rings is 3. The van der Waals surface area contributed by atoms with E-state index in [1.165, 1.54) is 30.3 Å². The lowest BCUT2D eigenvalue weighted by Gasteiger charge is -2.09. The molecule has 0 unspecified atom stereocenters. The number of sulfone groups is 1. The van der Waals surface area contributed by atoms with Gasteiger partial charge >= 0.3 is 0 Å². The van der Waals surface area contributed by atoms with Crippen molar-refractivity contribution >= 4 is 21.4 Å². The third-order valence-electron chi connectivity index (χ3n) is 4.02. The molecule has 0 atom stereocenters. The van der Waals surface area contributed by atoms with Crippen LogP contribution in [0.3, 0.4) is 0 Å². The molecule has 1 N–H and O–H groups in total. The summed E-state index contributed by atoms with van der Waals surface area (Å²) in [6.45, 7) is 1.80. The fourth-order valence-electron chi connectivity index (χ4n) is 2.66. The van der Waals surface area contributed by atoms with Crippen LogP contribution in [-0.2, 0) is 15.6 Å². The first-order chi connectivity index (χ1) is 12.8. The number of anilines is 1. The standard InChI is InChI=1S/C21H18FNO3S/c1-15-10-11-19(22)20(12-15)23-21(24)17-7-5-6-16(13-17)14-27(25,26)18-8-3-2-4-9-18/h2-13H,14H2,1H3,(H,23,24). The van der Waals surface area contributed by atoms with E-state index in [2.05, 4.69) is 5.32 Å². The van der Waals surface area contributed by atoms with Gasteiger partial charge < -0.3 is 5.32 Å². The number of hydrogen-bond donors (Lipinski definition) is 1. The molecule has 0 fully saturated rings. The Bertz CT molecular complexity index is 1080. The summed E-state index contributed by atoms with van der Waals surface area (Å²) in [7, 11) is -3.52. The van der Waals surface area contributed by atoms with E-state index in [0.717, 1.165) is 5.56 Å². The number of nitrogens with one attached hydrogen (secondary N) is 1. The van der Waals surface area contributed by atoms with Gasteiger partial charge in [0.25, 0.3) is 5.91 Å². The molecular formula is C21H18FNO3S. The van der Waals surface area contributed by atoms with Crippen molar-refractivity contribution in [3.63, 3.8) is 0 Å². The summed E-state index contributed by atoms with van der Waals surface area (Å²) in [4.78, 5) is 12.7. The van der Waals surface area contributed by atoms with E-state index < -0.39 is 21.6 Å². The summed E-state index contributed by atoms with van der Waals surface area (Å²) in [5, 5.41) is 2.53. The fraction of sp³-hybridized carbons (Fsp3) is 0.0952. The van der Waals surface area contributed by atoms with Gasteiger partial charge in [-0.15, -0.1) is 0 Å². The molecule has 0 bridgehead atoms. The van der Waals surface area contributed by atoms with Gasteiger partial charge in [-0.25, -0.2) is 12.8 Å². The van der Waals surface area contributed by atoms with Crippen LogP contribution in [0, 0.1) is 12.7 Å². The molecule has 0 radical (unpaired) electrons. The van der Waals surface area contributed by atoms with Gasteiger partial charge in [0.1, 0.15) is 5.82 Å². The lowest BCUT2D eigenvalue weighted by molar-refractivity contribution is 0.102. The first-order valence-electron chi connectivity index (χ1n) is 8.29. The van der Waals surface area contributed by atoms with Crippen LogP contribution >= 0.6 is 0 Å². The summed E-state index contributed by atoms with van der Waals surface area (Å²) >= 11 is 0. The number of rotatable bonds is 5. The van der Waals surface area contributed by atoms with Crippen LogP contribution < -0.4 is 5.32 Å². The molecule has 0 aliphatic heterocycles. The summed E-state index contributed by atoms with van der Waals surface area (Å²) in [5.74, 6) is -1.26. The van der Waals surface area contributed by atoms with Gasteiger partial charge in [0, 0.05) is 5.56 Å². The molecule has 3 rings (SSSR count). The lowest BCUT2D eigenvalue weighted by atomic mass is 10.1. The van der Waals surface area contributed by atoms with Crippen molar-refractivity contribution in [2.45, 2.75) is 17.6 Å². The molecule has 0 aliphatic rings. The highest BCUT2D eigenvalue weighted by atomic mass is 32.2. The number of aryl methyl sites for hydroxylation is 1. The third-order valence-corrected chi connectivity index (χ3v) is 5.72. The predicted octanol–water partition coefficient (Wildman–Crippen LogP) is 4.36. The fourth-order valence-corrected chi connectivity index (χ4v) is 4.02. The van der Waals surface area contributed by atoms with Crippen LogP contribution in [-0.4, -0.2) is 14.3 Å². The van der Waals surface area contributed by atoms with E-state index in [-0.39, 0.29) is 21.9 Å². The zero-order valence-electron chi connectivity index (χ0n) is 14.6. The first kappa shape index (κ1) is 18.8. The van der Waals surface area contributed by atoms with Gasteiger partial charge in [0.05, 0.1) is 16.3 Å². The van der Waals surface area contributed by atoms with Crippen molar-refractivity contribution in [1.82, 2.24) is 0 Å². The van der Waals surface area contributed by atoms with E-state index in [1.54, 1.807) is 49.4 Å². The predicted molar refractivity (Wildman–Crippen MR) is 103 cm³/mol. The van der Waals surface area contributed by atoms with E-state index >= 15 is 0 Å². The Kier molecular flexibility index (Phi) is 5.37. The summed E-state index contributed by atoms with van der Waals surface area (Å²) < 4.78 is 38.9. The molecule has 1 amide bonds. The van der Waals surface area contributed by atoms with Gasteiger partial charge in [0.2, 0.25) is 0 Å². The lowest BCUT2D eigenvalue weighted by Crippen LogP contribution is -2.14. The maximum absolute atomic E-state index is 13.8. The van der Waals surface area contributed by atoms with Crippen molar-refractivity contribution in [2.75, 3.05) is 5.32 Å². The van der Waals surface area contributed by atoms with Crippen LogP contribution in [0.4, 0.5) is 10.1 Å². The monoisotopic (exact) mass is 383 g/mol. The van der Waals surface area contributed by atoms with Crippen LogP contribution in [0.5, 0.6) is 0 Å². The Labute approximate surface area is 157 Å². The molecular weight excluding hydrogens is 365 g/mol. The highest BCUT2D eigenvalue weighted by Crippen LogP contribution is 2.19. The van der Waals surface area contributed by atoms with Gasteiger partial charge in [-0.05, 0) is 54.4 Å². The Balaban J connectivity index is 1.81. The zero-order valence-corrected chi connectivity index (χ0v) is 15.5. The second-order valence-electron chi connectivity index (χ2n) is 6.21. The van der Waals surface area contributed by atoms with Gasteiger partial charge in [-0.2, -0.15) is 0 Å². The second kappa shape index (κ2) is 7.72. The van der Waals surface area contributed by atoms with Crippen molar-refractivity contribution in [2.24, 2.45) is 0 Å². The summed E-state index contributed by atoms with van der Waals surface area (Å²) in [5.41, 5.74) is 1.64. The van der Waals surface area contributed by atoms with Crippen LogP contribution in [0.2, 0.25) is 0 Å². The van der Waals surface area contributed by atoms with Gasteiger partial charge in [-0.1, -0.05) is 36.4 Å². The Morgan fingerprint density at radius 1 is 0.963 bits per heavy atom. The van der Waals surface area contributed by atoms with Gasteiger partial charge in [0.15, 0.2) is 9.84 Å². The summed E-state index contributed by atoms with van der Waals surface area (Å²) in [6.07, 6.45) is 0. The number of amides is 1.